The van der Waals surface area contributed by atoms with Crippen molar-refractivity contribution in [2.24, 2.45) is 0 Å². The van der Waals surface area contributed by atoms with Crippen molar-refractivity contribution in [1.82, 2.24) is 4.98 Å². The summed E-state index contributed by atoms with van der Waals surface area (Å²) in [4.78, 5) is 27.4. The lowest BCUT2D eigenvalue weighted by molar-refractivity contribution is -0.138. The second-order valence-electron chi connectivity index (χ2n) is 6.12. The van der Waals surface area contributed by atoms with E-state index in [-0.39, 0.29) is 30.0 Å². The van der Waals surface area contributed by atoms with Crippen LogP contribution in [-0.4, -0.2) is 17.6 Å². The fourth-order valence-corrected chi connectivity index (χ4v) is 3.15. The number of halogens is 4. The van der Waals surface area contributed by atoms with Gasteiger partial charge in [0.25, 0.3) is 5.56 Å². The molecule has 9 heteroatoms. The standard InChI is InChI=1S/C20H16ClF3N2O3/c1-2-29-19(28)16-17(13-9-12(21)7-8-15(13)26-18(16)27)25-10-11-5-3-4-6-14(11)20(22,23)24/h3-9H,2,10H2,1H3,(H2,25,26,27). The Labute approximate surface area is 168 Å². The molecule has 0 amide bonds. The number of nitrogens with one attached hydrogen (secondary N) is 2. The quantitative estimate of drug-likeness (QED) is 0.566. The average Bonchev–Trinajstić information content (AvgIpc) is 2.66. The van der Waals surface area contributed by atoms with E-state index in [0.717, 1.165) is 6.07 Å². The normalized spacial score (nSPS) is 11.5. The van der Waals surface area contributed by atoms with Crippen LogP contribution in [0.3, 0.4) is 0 Å². The number of fused-ring (bicyclic) bond motifs is 1. The lowest BCUT2D eigenvalue weighted by atomic mass is 10.1. The van der Waals surface area contributed by atoms with Crippen LogP contribution in [0.5, 0.6) is 0 Å². The predicted octanol–water partition coefficient (Wildman–Crippen LogP) is 4.99. The van der Waals surface area contributed by atoms with Gasteiger partial charge in [-0.2, -0.15) is 13.2 Å². The first-order valence-electron chi connectivity index (χ1n) is 8.64. The number of pyridine rings is 1. The van der Waals surface area contributed by atoms with E-state index in [2.05, 4.69) is 10.3 Å². The predicted molar refractivity (Wildman–Crippen MR) is 104 cm³/mol. The van der Waals surface area contributed by atoms with Crippen LogP contribution < -0.4 is 10.9 Å². The van der Waals surface area contributed by atoms with Crippen LogP contribution in [0, 0.1) is 0 Å². The van der Waals surface area contributed by atoms with E-state index in [1.807, 2.05) is 0 Å². The van der Waals surface area contributed by atoms with Gasteiger partial charge < -0.3 is 15.0 Å². The summed E-state index contributed by atoms with van der Waals surface area (Å²) in [5, 5.41) is 3.52. The third-order valence-corrected chi connectivity index (χ3v) is 4.47. The lowest BCUT2D eigenvalue weighted by Gasteiger charge is -2.17. The minimum Gasteiger partial charge on any atom is -0.462 e. The molecule has 2 N–H and O–H groups in total. The van der Waals surface area contributed by atoms with E-state index in [1.54, 1.807) is 19.1 Å². The molecule has 0 bridgehead atoms. The Kier molecular flexibility index (Phi) is 5.83. The molecular weight excluding hydrogens is 409 g/mol. The van der Waals surface area contributed by atoms with Gasteiger partial charge in [-0.05, 0) is 36.8 Å². The van der Waals surface area contributed by atoms with Crippen LogP contribution >= 0.6 is 11.6 Å². The fraction of sp³-hybridized carbons (Fsp3) is 0.200. The van der Waals surface area contributed by atoms with Crippen LogP contribution in [0.4, 0.5) is 18.9 Å². The first kappa shape index (κ1) is 20.7. The number of aromatic nitrogens is 1. The molecule has 0 unspecified atom stereocenters. The summed E-state index contributed by atoms with van der Waals surface area (Å²) in [5.74, 6) is -0.887. The maximum absolute atomic E-state index is 13.3. The number of ether oxygens (including phenoxy) is 1. The smallest absolute Gasteiger partial charge is 0.416 e. The number of benzene rings is 2. The summed E-state index contributed by atoms with van der Waals surface area (Å²) in [6, 6.07) is 9.66. The minimum atomic E-state index is -4.54. The summed E-state index contributed by atoms with van der Waals surface area (Å²) in [6.45, 7) is 1.34. The van der Waals surface area contributed by atoms with Crippen molar-refractivity contribution >= 4 is 34.2 Å². The van der Waals surface area contributed by atoms with Gasteiger partial charge in [-0.25, -0.2) is 4.79 Å². The fourth-order valence-electron chi connectivity index (χ4n) is 2.98. The molecule has 0 aliphatic heterocycles. The maximum Gasteiger partial charge on any atom is 0.416 e. The zero-order valence-corrected chi connectivity index (χ0v) is 15.9. The molecule has 0 spiro atoms. The van der Waals surface area contributed by atoms with E-state index < -0.39 is 23.3 Å². The first-order valence-corrected chi connectivity index (χ1v) is 9.01. The third kappa shape index (κ3) is 4.37. The summed E-state index contributed by atoms with van der Waals surface area (Å²) < 4.78 is 44.8. The molecule has 0 saturated carbocycles. The second-order valence-corrected chi connectivity index (χ2v) is 6.56. The summed E-state index contributed by atoms with van der Waals surface area (Å²) in [7, 11) is 0. The number of esters is 1. The monoisotopic (exact) mass is 424 g/mol. The Morgan fingerprint density at radius 2 is 1.93 bits per heavy atom. The largest absolute Gasteiger partial charge is 0.462 e. The molecular formula is C20H16ClF3N2O3. The first-order chi connectivity index (χ1) is 13.7. The molecule has 1 heterocycles. The molecule has 2 aromatic carbocycles. The number of carbonyl (C=O) groups is 1. The topological polar surface area (TPSA) is 71.2 Å². The molecule has 3 aromatic rings. The Balaban J connectivity index is 2.13. The van der Waals surface area contributed by atoms with Gasteiger partial charge in [-0.15, -0.1) is 0 Å². The van der Waals surface area contributed by atoms with E-state index in [9.17, 15) is 22.8 Å². The number of H-pyrrole nitrogens is 1. The SMILES string of the molecule is CCOC(=O)c1c(NCc2ccccc2C(F)(F)F)c2cc(Cl)ccc2[nH]c1=O. The van der Waals surface area contributed by atoms with Crippen molar-refractivity contribution in [3.05, 3.63) is 74.5 Å². The third-order valence-electron chi connectivity index (χ3n) is 4.23. The van der Waals surface area contributed by atoms with E-state index >= 15 is 0 Å². The van der Waals surface area contributed by atoms with Crippen LogP contribution in [0.25, 0.3) is 10.9 Å². The van der Waals surface area contributed by atoms with Crippen molar-refractivity contribution in [3.63, 3.8) is 0 Å². The molecule has 0 fully saturated rings. The highest BCUT2D eigenvalue weighted by molar-refractivity contribution is 6.31. The van der Waals surface area contributed by atoms with E-state index in [4.69, 9.17) is 16.3 Å². The van der Waals surface area contributed by atoms with Gasteiger partial charge in [-0.3, -0.25) is 4.79 Å². The molecule has 0 atom stereocenters. The Bertz CT molecular complexity index is 1130. The van der Waals surface area contributed by atoms with Crippen LogP contribution in [-0.2, 0) is 17.5 Å². The average molecular weight is 425 g/mol. The van der Waals surface area contributed by atoms with Gasteiger partial charge in [0.15, 0.2) is 0 Å². The van der Waals surface area contributed by atoms with Crippen molar-refractivity contribution < 1.29 is 22.7 Å². The maximum atomic E-state index is 13.3. The number of hydrogen-bond donors (Lipinski definition) is 2. The molecule has 152 valence electrons. The summed E-state index contributed by atoms with van der Waals surface area (Å²) >= 11 is 6.04. The molecule has 3 rings (SSSR count). The van der Waals surface area contributed by atoms with Gasteiger partial charge in [0.1, 0.15) is 5.56 Å². The van der Waals surface area contributed by atoms with Crippen LogP contribution in [0.15, 0.2) is 47.3 Å². The number of anilines is 1. The summed E-state index contributed by atoms with van der Waals surface area (Å²) in [6.07, 6.45) is -4.54. The number of hydrogen-bond acceptors (Lipinski definition) is 4. The molecule has 0 aliphatic rings. The van der Waals surface area contributed by atoms with Gasteiger partial charge in [0.05, 0.1) is 23.4 Å². The molecule has 0 saturated heterocycles. The molecule has 0 aliphatic carbocycles. The molecule has 29 heavy (non-hydrogen) atoms. The molecule has 5 nitrogen and oxygen atoms in total. The van der Waals surface area contributed by atoms with Crippen molar-refractivity contribution in [3.8, 4) is 0 Å². The van der Waals surface area contributed by atoms with Crippen molar-refractivity contribution in [1.29, 1.82) is 0 Å². The Morgan fingerprint density at radius 1 is 1.21 bits per heavy atom. The second kappa shape index (κ2) is 8.16. The molecule has 1 aromatic heterocycles. The van der Waals surface area contributed by atoms with E-state index in [0.29, 0.717) is 15.9 Å². The number of carbonyl (C=O) groups excluding carboxylic acids is 1. The van der Waals surface area contributed by atoms with Crippen LogP contribution in [0.2, 0.25) is 5.02 Å². The van der Waals surface area contributed by atoms with Crippen molar-refractivity contribution in [2.75, 3.05) is 11.9 Å². The van der Waals surface area contributed by atoms with Crippen LogP contribution in [0.1, 0.15) is 28.4 Å². The summed E-state index contributed by atoms with van der Waals surface area (Å²) in [5.41, 5.74) is -1.46. The zero-order chi connectivity index (χ0) is 21.2. The Morgan fingerprint density at radius 3 is 2.62 bits per heavy atom. The highest BCUT2D eigenvalue weighted by Crippen LogP contribution is 2.33. The number of aromatic amines is 1. The zero-order valence-electron chi connectivity index (χ0n) is 15.2. The van der Waals surface area contributed by atoms with Gasteiger partial charge in [-0.1, -0.05) is 29.8 Å². The van der Waals surface area contributed by atoms with Gasteiger partial charge in [0, 0.05) is 17.0 Å². The minimum absolute atomic E-state index is 0.0300. The highest BCUT2D eigenvalue weighted by atomic mass is 35.5. The highest BCUT2D eigenvalue weighted by Gasteiger charge is 2.33. The number of alkyl halides is 3. The Hall–Kier alpha value is -3.00. The molecule has 0 radical (unpaired) electrons. The van der Waals surface area contributed by atoms with E-state index in [1.165, 1.54) is 24.3 Å². The van der Waals surface area contributed by atoms with Gasteiger partial charge in [0.2, 0.25) is 0 Å². The lowest BCUT2D eigenvalue weighted by Crippen LogP contribution is -2.23. The van der Waals surface area contributed by atoms with Gasteiger partial charge >= 0.3 is 12.1 Å². The number of rotatable bonds is 5. The van der Waals surface area contributed by atoms with Crippen molar-refractivity contribution in [2.45, 2.75) is 19.6 Å².